The largest absolute Gasteiger partial charge is 0.300 e. The minimum absolute atomic E-state index is 0.238. The molecule has 130 valence electrons. The third kappa shape index (κ3) is 2.53. The van der Waals surface area contributed by atoms with Gasteiger partial charge in [0.25, 0.3) is 0 Å². The molecule has 26 heavy (non-hydrogen) atoms. The van der Waals surface area contributed by atoms with E-state index in [1.165, 1.54) is 6.33 Å². The fourth-order valence-electron chi connectivity index (χ4n) is 3.10. The molecule has 1 saturated carbocycles. The van der Waals surface area contributed by atoms with E-state index in [0.29, 0.717) is 10.9 Å². The first-order chi connectivity index (χ1) is 12.8. The summed E-state index contributed by atoms with van der Waals surface area (Å²) in [7, 11) is -1.06. The van der Waals surface area contributed by atoms with Gasteiger partial charge in [0.2, 0.25) is 0 Å². The molecule has 0 saturated heterocycles. The predicted octanol–water partition coefficient (Wildman–Crippen LogP) is 2.87. The number of H-pyrrole nitrogens is 1. The Bertz CT molecular complexity index is 1100. The molecule has 7 nitrogen and oxygen atoms in total. The fourth-order valence-corrected chi connectivity index (χ4v) is 4.55. The summed E-state index contributed by atoms with van der Waals surface area (Å²) in [5.74, 6) is 0.715. The van der Waals surface area contributed by atoms with Crippen LogP contribution in [0.2, 0.25) is 0 Å². The second kappa shape index (κ2) is 6.14. The van der Waals surface area contributed by atoms with E-state index >= 15 is 0 Å². The molecule has 0 radical (unpaired) electrons. The second-order valence-corrected chi connectivity index (χ2v) is 8.02. The monoisotopic (exact) mass is 364 g/mol. The Morgan fingerprint density at radius 3 is 2.88 bits per heavy atom. The number of aromatic amines is 1. The van der Waals surface area contributed by atoms with Crippen molar-refractivity contribution in [2.24, 2.45) is 0 Å². The quantitative estimate of drug-likeness (QED) is 0.601. The fraction of sp³-hybridized carbons (Fsp3) is 0.222. The van der Waals surface area contributed by atoms with E-state index in [1.807, 2.05) is 41.1 Å². The minimum Gasteiger partial charge on any atom is -0.300 e. The van der Waals surface area contributed by atoms with Crippen LogP contribution in [0.15, 0.2) is 54.1 Å². The maximum Gasteiger partial charge on any atom is 0.163 e. The molecule has 1 aliphatic carbocycles. The maximum atomic E-state index is 12.5. The van der Waals surface area contributed by atoms with Gasteiger partial charge in [-0.1, -0.05) is 18.6 Å². The topological polar surface area (TPSA) is 89.4 Å². The number of hydrogen-bond acceptors (Lipinski definition) is 5. The van der Waals surface area contributed by atoms with Crippen molar-refractivity contribution in [3.63, 3.8) is 0 Å². The number of aromatic nitrogens is 6. The molecule has 1 N–H and O–H groups in total. The summed E-state index contributed by atoms with van der Waals surface area (Å²) >= 11 is 0. The second-order valence-electron chi connectivity index (χ2n) is 6.34. The van der Waals surface area contributed by atoms with E-state index in [-0.39, 0.29) is 5.25 Å². The van der Waals surface area contributed by atoms with Gasteiger partial charge in [-0.25, -0.2) is 15.0 Å². The lowest BCUT2D eigenvalue weighted by atomic mass is 10.0. The lowest BCUT2D eigenvalue weighted by Crippen LogP contribution is -2.24. The van der Waals surface area contributed by atoms with Crippen molar-refractivity contribution < 1.29 is 4.21 Å². The van der Waals surface area contributed by atoms with E-state index in [1.54, 1.807) is 6.20 Å². The van der Waals surface area contributed by atoms with Crippen LogP contribution in [-0.4, -0.2) is 39.2 Å². The molecule has 1 atom stereocenters. The van der Waals surface area contributed by atoms with Crippen molar-refractivity contribution in [2.75, 3.05) is 0 Å². The van der Waals surface area contributed by atoms with Gasteiger partial charge in [-0.3, -0.25) is 13.9 Å². The van der Waals surface area contributed by atoms with Gasteiger partial charge in [0.15, 0.2) is 11.5 Å². The normalized spacial score (nSPS) is 15.8. The maximum absolute atomic E-state index is 12.5. The van der Waals surface area contributed by atoms with Gasteiger partial charge < -0.3 is 0 Å². The number of nitrogens with zero attached hydrogens (tertiary/aromatic N) is 5. The summed E-state index contributed by atoms with van der Waals surface area (Å²) in [5, 5.41) is 7.59. The van der Waals surface area contributed by atoms with E-state index in [0.717, 1.165) is 41.7 Å². The zero-order chi connectivity index (χ0) is 17.5. The Labute approximate surface area is 152 Å². The zero-order valence-electron chi connectivity index (χ0n) is 13.9. The molecule has 0 bridgehead atoms. The first-order valence-corrected chi connectivity index (χ1v) is 9.72. The molecule has 0 aliphatic heterocycles. The number of benzene rings is 1. The Morgan fingerprint density at radius 1 is 1.19 bits per heavy atom. The van der Waals surface area contributed by atoms with E-state index < -0.39 is 10.8 Å². The van der Waals surface area contributed by atoms with Gasteiger partial charge in [-0.05, 0) is 31.0 Å². The lowest BCUT2D eigenvalue weighted by molar-refractivity contribution is 0.504. The summed E-state index contributed by atoms with van der Waals surface area (Å²) < 4.78 is 14.5. The van der Waals surface area contributed by atoms with Gasteiger partial charge in [-0.2, -0.15) is 5.10 Å². The highest BCUT2D eigenvalue weighted by Crippen LogP contribution is 2.28. The van der Waals surface area contributed by atoms with Crippen molar-refractivity contribution in [3.8, 4) is 17.1 Å². The summed E-state index contributed by atoms with van der Waals surface area (Å²) in [4.78, 5) is 13.3. The van der Waals surface area contributed by atoms with Crippen molar-refractivity contribution in [1.82, 2.24) is 29.7 Å². The molecule has 0 unspecified atom stereocenters. The first-order valence-electron chi connectivity index (χ1n) is 8.50. The number of fused-ring (bicyclic) bond motifs is 1. The van der Waals surface area contributed by atoms with Crippen LogP contribution in [0.3, 0.4) is 0 Å². The summed E-state index contributed by atoms with van der Waals surface area (Å²) in [6, 6.07) is 9.86. The Morgan fingerprint density at radius 2 is 2.12 bits per heavy atom. The highest BCUT2D eigenvalue weighted by molar-refractivity contribution is 7.85. The molecule has 0 spiro atoms. The van der Waals surface area contributed by atoms with Crippen LogP contribution in [0.1, 0.15) is 19.3 Å². The van der Waals surface area contributed by atoms with Gasteiger partial charge in [-0.15, -0.1) is 0 Å². The van der Waals surface area contributed by atoms with E-state index in [4.69, 9.17) is 0 Å². The molecule has 8 heteroatoms. The number of hydrogen-bond donors (Lipinski definition) is 1. The van der Waals surface area contributed by atoms with E-state index in [2.05, 4.69) is 25.1 Å². The number of rotatable bonds is 4. The molecule has 5 rings (SSSR count). The van der Waals surface area contributed by atoms with Gasteiger partial charge in [0, 0.05) is 22.7 Å². The molecule has 3 heterocycles. The standard InChI is InChI=1S/C18H16N6OS/c25-26(14-5-2-6-14)16-10-19-18-15(22-16)7-8-24(18)13-4-1-3-12(9-13)17-20-11-21-23-17/h1,3-4,7-11,14H,2,5-6H2,(H,20,21,23)/t26-/m0/s1. The molecule has 1 aromatic carbocycles. The van der Waals surface area contributed by atoms with Crippen LogP contribution in [0.5, 0.6) is 0 Å². The van der Waals surface area contributed by atoms with Crippen molar-refractivity contribution in [3.05, 3.63) is 49.1 Å². The van der Waals surface area contributed by atoms with Gasteiger partial charge >= 0.3 is 0 Å². The van der Waals surface area contributed by atoms with E-state index in [9.17, 15) is 4.21 Å². The molecule has 1 aliphatic rings. The average molecular weight is 364 g/mol. The minimum atomic E-state index is -1.06. The predicted molar refractivity (Wildman–Crippen MR) is 98.3 cm³/mol. The van der Waals surface area contributed by atoms with Crippen LogP contribution < -0.4 is 0 Å². The highest BCUT2D eigenvalue weighted by atomic mass is 32.2. The third-order valence-electron chi connectivity index (χ3n) is 4.74. The molecule has 1 fully saturated rings. The molecule has 3 aromatic heterocycles. The zero-order valence-corrected chi connectivity index (χ0v) is 14.7. The van der Waals surface area contributed by atoms with Crippen molar-refractivity contribution in [2.45, 2.75) is 29.5 Å². The number of nitrogens with one attached hydrogen (secondary N) is 1. The Balaban J connectivity index is 1.54. The van der Waals surface area contributed by atoms with Crippen molar-refractivity contribution in [1.29, 1.82) is 0 Å². The summed E-state index contributed by atoms with van der Waals surface area (Å²) in [6.07, 6.45) is 8.25. The smallest absolute Gasteiger partial charge is 0.163 e. The lowest BCUT2D eigenvalue weighted by Gasteiger charge is -2.23. The van der Waals surface area contributed by atoms with Gasteiger partial charge in [0.1, 0.15) is 16.9 Å². The SMILES string of the molecule is O=[S@](c1cnc2c(ccn2-c2cccc(-c3ncn[nH]3)c2)n1)C1CCC1. The third-order valence-corrected chi connectivity index (χ3v) is 6.43. The first kappa shape index (κ1) is 15.4. The van der Waals surface area contributed by atoms with Crippen molar-refractivity contribution >= 4 is 22.0 Å². The Hall–Kier alpha value is -2.87. The van der Waals surface area contributed by atoms with Crippen LogP contribution in [0.25, 0.3) is 28.2 Å². The van der Waals surface area contributed by atoms with Crippen LogP contribution in [0.4, 0.5) is 0 Å². The van der Waals surface area contributed by atoms with Gasteiger partial charge in [0.05, 0.1) is 17.0 Å². The summed E-state index contributed by atoms with van der Waals surface area (Å²) in [6.45, 7) is 0. The molecular formula is C18H16N6OS. The van der Waals surface area contributed by atoms with Crippen LogP contribution >= 0.6 is 0 Å². The van der Waals surface area contributed by atoms with Crippen LogP contribution in [-0.2, 0) is 10.8 Å². The van der Waals surface area contributed by atoms with Crippen LogP contribution in [0, 0.1) is 0 Å². The molecule has 0 amide bonds. The Kier molecular flexibility index (Phi) is 3.63. The highest BCUT2D eigenvalue weighted by Gasteiger charge is 2.26. The molecular weight excluding hydrogens is 348 g/mol. The average Bonchev–Trinajstić information content (AvgIpc) is 3.29. The summed E-state index contributed by atoms with van der Waals surface area (Å²) in [5.41, 5.74) is 3.39. The molecule has 4 aromatic rings.